The summed E-state index contributed by atoms with van der Waals surface area (Å²) in [5.41, 5.74) is 1.34. The van der Waals surface area contributed by atoms with Crippen molar-refractivity contribution in [1.29, 1.82) is 0 Å². The van der Waals surface area contributed by atoms with E-state index in [4.69, 9.17) is 4.74 Å². The minimum atomic E-state index is -0.520. The van der Waals surface area contributed by atoms with Crippen LogP contribution in [-0.4, -0.2) is 54.3 Å². The molecule has 1 aliphatic heterocycles. The lowest BCUT2D eigenvalue weighted by Gasteiger charge is -2.34. The highest BCUT2D eigenvalue weighted by Gasteiger charge is 2.18. The van der Waals surface area contributed by atoms with Gasteiger partial charge in [0.2, 0.25) is 0 Å². The first-order valence-electron chi connectivity index (χ1n) is 10.0. The van der Waals surface area contributed by atoms with Gasteiger partial charge in [0.05, 0.1) is 11.9 Å². The molecule has 1 aromatic carbocycles. The van der Waals surface area contributed by atoms with Crippen molar-refractivity contribution in [3.8, 4) is 0 Å². The van der Waals surface area contributed by atoms with Gasteiger partial charge in [0.1, 0.15) is 11.4 Å². The van der Waals surface area contributed by atoms with Gasteiger partial charge in [-0.25, -0.2) is 9.78 Å². The molecule has 0 unspecified atom stereocenters. The number of aromatic nitrogens is 1. The van der Waals surface area contributed by atoms with Gasteiger partial charge < -0.3 is 9.64 Å². The molecule has 0 atom stereocenters. The average molecular weight is 395 g/mol. The Hall–Kier alpha value is -2.86. The SMILES string of the molecule is CC(C)(C)OC(=O)Nc1ccc(N2CCN(C/C=C/c3ccccc3)CC2)nc1. The van der Waals surface area contributed by atoms with Crippen molar-refractivity contribution in [2.75, 3.05) is 42.9 Å². The van der Waals surface area contributed by atoms with E-state index in [9.17, 15) is 4.79 Å². The minimum absolute atomic E-state index is 0.468. The van der Waals surface area contributed by atoms with Crippen LogP contribution in [0.25, 0.3) is 6.08 Å². The summed E-state index contributed by atoms with van der Waals surface area (Å²) in [6.45, 7) is 10.3. The zero-order valence-electron chi connectivity index (χ0n) is 17.5. The Bertz CT molecular complexity index is 805. The molecule has 0 spiro atoms. The van der Waals surface area contributed by atoms with Crippen LogP contribution in [0, 0.1) is 0 Å². The number of rotatable bonds is 5. The first kappa shape index (κ1) is 20.9. The van der Waals surface area contributed by atoms with Crippen LogP contribution in [0.1, 0.15) is 26.3 Å². The third-order valence-corrected chi connectivity index (χ3v) is 4.56. The van der Waals surface area contributed by atoms with Crippen LogP contribution >= 0.6 is 0 Å². The molecule has 0 saturated carbocycles. The van der Waals surface area contributed by atoms with E-state index in [1.54, 1.807) is 6.20 Å². The topological polar surface area (TPSA) is 57.7 Å². The predicted octanol–water partition coefficient (Wildman–Crippen LogP) is 4.26. The molecule has 154 valence electrons. The van der Waals surface area contributed by atoms with Crippen molar-refractivity contribution < 1.29 is 9.53 Å². The maximum Gasteiger partial charge on any atom is 0.412 e. The van der Waals surface area contributed by atoms with Crippen LogP contribution < -0.4 is 10.2 Å². The predicted molar refractivity (Wildman–Crippen MR) is 118 cm³/mol. The molecule has 1 amide bonds. The Morgan fingerprint density at radius 2 is 1.83 bits per heavy atom. The lowest BCUT2D eigenvalue weighted by atomic mass is 10.2. The minimum Gasteiger partial charge on any atom is -0.444 e. The number of anilines is 2. The summed E-state index contributed by atoms with van der Waals surface area (Å²) in [4.78, 5) is 21.1. The highest BCUT2D eigenvalue weighted by atomic mass is 16.6. The molecule has 29 heavy (non-hydrogen) atoms. The van der Waals surface area contributed by atoms with Crippen molar-refractivity contribution in [2.24, 2.45) is 0 Å². The fourth-order valence-corrected chi connectivity index (χ4v) is 3.13. The van der Waals surface area contributed by atoms with Crippen LogP contribution in [0.5, 0.6) is 0 Å². The highest BCUT2D eigenvalue weighted by molar-refractivity contribution is 5.84. The van der Waals surface area contributed by atoms with E-state index in [0.29, 0.717) is 5.69 Å². The molecule has 2 heterocycles. The summed E-state index contributed by atoms with van der Waals surface area (Å²) in [5, 5.41) is 2.71. The quantitative estimate of drug-likeness (QED) is 0.821. The molecule has 2 aromatic rings. The molecule has 0 radical (unpaired) electrons. The van der Waals surface area contributed by atoms with Gasteiger partial charge in [-0.1, -0.05) is 42.5 Å². The van der Waals surface area contributed by atoms with Crippen LogP contribution in [0.15, 0.2) is 54.7 Å². The number of amides is 1. The molecule has 1 aliphatic rings. The van der Waals surface area contributed by atoms with Crippen molar-refractivity contribution in [2.45, 2.75) is 26.4 Å². The Labute approximate surface area is 173 Å². The lowest BCUT2D eigenvalue weighted by molar-refractivity contribution is 0.0636. The van der Waals surface area contributed by atoms with Gasteiger partial charge in [-0.3, -0.25) is 10.2 Å². The van der Waals surface area contributed by atoms with E-state index in [-0.39, 0.29) is 0 Å². The molecule has 1 N–H and O–H groups in total. The van der Waals surface area contributed by atoms with Crippen molar-refractivity contribution in [1.82, 2.24) is 9.88 Å². The number of hydrogen-bond donors (Lipinski definition) is 1. The molecule has 3 rings (SSSR count). The summed E-state index contributed by atoms with van der Waals surface area (Å²) in [6.07, 6.45) is 5.60. The van der Waals surface area contributed by atoms with Crippen LogP contribution in [0.2, 0.25) is 0 Å². The Kier molecular flexibility index (Phi) is 6.88. The van der Waals surface area contributed by atoms with Crippen molar-refractivity contribution >= 4 is 23.7 Å². The number of carbonyl (C=O) groups excluding carboxylic acids is 1. The number of carbonyl (C=O) groups is 1. The molecule has 0 aliphatic carbocycles. The lowest BCUT2D eigenvalue weighted by Crippen LogP contribution is -2.46. The van der Waals surface area contributed by atoms with Crippen LogP contribution in [-0.2, 0) is 4.74 Å². The van der Waals surface area contributed by atoms with E-state index in [0.717, 1.165) is 38.5 Å². The Balaban J connectivity index is 1.44. The molecule has 0 bridgehead atoms. The number of benzene rings is 1. The van der Waals surface area contributed by atoms with Gasteiger partial charge in [-0.2, -0.15) is 0 Å². The first-order chi connectivity index (χ1) is 13.9. The second kappa shape index (κ2) is 9.56. The van der Waals surface area contributed by atoms with E-state index in [1.807, 2.05) is 39.0 Å². The Morgan fingerprint density at radius 3 is 2.45 bits per heavy atom. The Morgan fingerprint density at radius 1 is 1.10 bits per heavy atom. The van der Waals surface area contributed by atoms with E-state index >= 15 is 0 Å². The standard InChI is InChI=1S/C23H30N4O2/c1-23(2,3)29-22(28)25-20-11-12-21(24-18-20)27-16-14-26(15-17-27)13-7-10-19-8-5-4-6-9-19/h4-12,18H,13-17H2,1-3H3,(H,25,28)/b10-7+. The third-order valence-electron chi connectivity index (χ3n) is 4.56. The molecule has 6 nitrogen and oxygen atoms in total. The number of nitrogens with zero attached hydrogens (tertiary/aromatic N) is 3. The monoisotopic (exact) mass is 394 g/mol. The summed E-state index contributed by atoms with van der Waals surface area (Å²) < 4.78 is 5.26. The summed E-state index contributed by atoms with van der Waals surface area (Å²) in [6, 6.07) is 14.2. The molecular formula is C23H30N4O2. The fourth-order valence-electron chi connectivity index (χ4n) is 3.13. The second-order valence-corrected chi connectivity index (χ2v) is 8.13. The van der Waals surface area contributed by atoms with Gasteiger partial charge in [0.15, 0.2) is 0 Å². The second-order valence-electron chi connectivity index (χ2n) is 8.13. The van der Waals surface area contributed by atoms with Crippen molar-refractivity contribution in [3.05, 3.63) is 60.3 Å². The van der Waals surface area contributed by atoms with Gasteiger partial charge >= 0.3 is 6.09 Å². The summed E-state index contributed by atoms with van der Waals surface area (Å²) in [7, 11) is 0. The number of ether oxygens (including phenoxy) is 1. The average Bonchev–Trinajstić information content (AvgIpc) is 2.68. The van der Waals surface area contributed by atoms with Crippen LogP contribution in [0.4, 0.5) is 16.3 Å². The molecular weight excluding hydrogens is 364 g/mol. The number of nitrogens with one attached hydrogen (secondary N) is 1. The molecule has 6 heteroatoms. The van der Waals surface area contributed by atoms with E-state index in [1.165, 1.54) is 5.56 Å². The first-order valence-corrected chi connectivity index (χ1v) is 10.0. The largest absolute Gasteiger partial charge is 0.444 e. The van der Waals surface area contributed by atoms with Gasteiger partial charge in [-0.05, 0) is 38.5 Å². The maximum absolute atomic E-state index is 11.8. The number of hydrogen-bond acceptors (Lipinski definition) is 5. The molecule has 1 saturated heterocycles. The highest BCUT2D eigenvalue weighted by Crippen LogP contribution is 2.17. The maximum atomic E-state index is 11.8. The molecule has 1 aromatic heterocycles. The van der Waals surface area contributed by atoms with Crippen molar-refractivity contribution in [3.63, 3.8) is 0 Å². The summed E-state index contributed by atoms with van der Waals surface area (Å²) >= 11 is 0. The zero-order chi connectivity index (χ0) is 20.7. The van der Waals surface area contributed by atoms with E-state index < -0.39 is 11.7 Å². The molecule has 1 fully saturated rings. The van der Waals surface area contributed by atoms with Crippen LogP contribution in [0.3, 0.4) is 0 Å². The number of piperazine rings is 1. The van der Waals surface area contributed by atoms with Gasteiger partial charge in [-0.15, -0.1) is 0 Å². The van der Waals surface area contributed by atoms with Gasteiger partial charge in [0.25, 0.3) is 0 Å². The smallest absolute Gasteiger partial charge is 0.412 e. The normalized spacial score (nSPS) is 15.5. The van der Waals surface area contributed by atoms with Gasteiger partial charge in [0, 0.05) is 32.7 Å². The fraction of sp³-hybridized carbons (Fsp3) is 0.391. The zero-order valence-corrected chi connectivity index (χ0v) is 17.5. The van der Waals surface area contributed by atoms with E-state index in [2.05, 4.69) is 56.5 Å². The third kappa shape index (κ3) is 6.91. The summed E-state index contributed by atoms with van der Waals surface area (Å²) in [5.74, 6) is 0.930. The number of pyridine rings is 1.